The number of nitrogens with zero attached hydrogens (tertiary/aromatic N) is 2. The Kier molecular flexibility index (Phi) is 9.80. The highest BCUT2D eigenvalue weighted by Crippen LogP contribution is 2.68. The van der Waals surface area contributed by atoms with E-state index in [2.05, 4.69) is 171 Å². The first kappa shape index (κ1) is 36.6. The highest BCUT2D eigenvalue weighted by atomic mass is 32.2. The summed E-state index contributed by atoms with van der Waals surface area (Å²) in [6.45, 7) is 2.62. The first-order chi connectivity index (χ1) is 28.6. The summed E-state index contributed by atoms with van der Waals surface area (Å²) >= 11 is 1.96. The minimum absolute atomic E-state index is 0.0474. The molecule has 1 spiro atoms. The molecule has 2 heterocycles. The second-order valence-corrected chi connectivity index (χ2v) is 17.3. The maximum absolute atomic E-state index is 7.26. The monoisotopic (exact) mass is 773 g/mol. The van der Waals surface area contributed by atoms with Crippen LogP contribution in [0, 0.1) is 30.1 Å². The molecule has 0 radical (unpaired) electrons. The van der Waals surface area contributed by atoms with Crippen molar-refractivity contribution in [2.45, 2.75) is 43.8 Å². The Bertz CT molecular complexity index is 2550. The van der Waals surface area contributed by atoms with Crippen molar-refractivity contribution < 1.29 is 4.74 Å². The van der Waals surface area contributed by atoms with Crippen molar-refractivity contribution in [1.29, 1.82) is 0 Å². The predicted octanol–water partition coefficient (Wildman–Crippen LogP) is 11.6. The van der Waals surface area contributed by atoms with Crippen molar-refractivity contribution in [3.05, 3.63) is 220 Å². The molecule has 4 aromatic rings. The molecule has 2 saturated heterocycles. The van der Waals surface area contributed by atoms with Crippen LogP contribution in [0.4, 0.5) is 0 Å². The Morgan fingerprint density at radius 3 is 2.31 bits per heavy atom. The van der Waals surface area contributed by atoms with Crippen LogP contribution in [-0.4, -0.2) is 29.1 Å². The summed E-state index contributed by atoms with van der Waals surface area (Å²) in [6.07, 6.45) is 30.1. The lowest BCUT2D eigenvalue weighted by Gasteiger charge is -2.62. The second kappa shape index (κ2) is 15.5. The molecule has 2 N–H and O–H groups in total. The first-order valence-electron chi connectivity index (χ1n) is 20.6. The number of ether oxygens (including phenoxy) is 1. The van der Waals surface area contributed by atoms with Crippen LogP contribution < -0.4 is 5.73 Å². The summed E-state index contributed by atoms with van der Waals surface area (Å²) in [4.78, 5) is 11.8. The van der Waals surface area contributed by atoms with Crippen molar-refractivity contribution in [1.82, 2.24) is 0 Å². The molecule has 4 aromatic carbocycles. The van der Waals surface area contributed by atoms with E-state index in [1.54, 1.807) is 0 Å². The van der Waals surface area contributed by atoms with Gasteiger partial charge in [0.05, 0.1) is 18.8 Å². The van der Waals surface area contributed by atoms with Gasteiger partial charge >= 0.3 is 0 Å². The Morgan fingerprint density at radius 2 is 1.47 bits per heavy atom. The Morgan fingerprint density at radius 1 is 0.741 bits per heavy atom. The molecular weight excluding hydrogens is 727 g/mol. The predicted molar refractivity (Wildman–Crippen MR) is 242 cm³/mol. The maximum Gasteiger partial charge on any atom is 0.157 e. The van der Waals surface area contributed by atoms with E-state index < -0.39 is 0 Å². The number of fused-ring (bicyclic) bond motifs is 8. The third-order valence-electron chi connectivity index (χ3n) is 12.6. The first-order valence-corrected chi connectivity index (χ1v) is 21.5. The van der Waals surface area contributed by atoms with Crippen LogP contribution in [0.1, 0.15) is 35.1 Å². The minimum Gasteiger partial charge on any atom is -0.383 e. The maximum atomic E-state index is 7.26. The third kappa shape index (κ3) is 6.57. The second-order valence-electron chi connectivity index (χ2n) is 16.1. The number of thioether (sulfide) groups is 1. The largest absolute Gasteiger partial charge is 0.383 e. The average Bonchev–Trinajstić information content (AvgIpc) is 3.28. The standard InChI is InChI=1S/C53H47N3OS/c1-35-15-12-21-39(31-35)40-22-13-16-36(32-40)34-55-52(38-19-6-3-7-20-38)56-51(54)42-23-14-26-46-50(42)58-49-28-11-9-25-45(49)53(46)43-24-8-10-27-47(43)57-48-33-41(29-30-44(48)53)37-17-4-2-5-18-37/h2-8,10,12-33,43-44,46-48,50H,9,11,34H2,1H3,(H2,54,55,56)/t43?,44?,46?,47?,48?,50-,53?/m1/s1. The van der Waals surface area contributed by atoms with Gasteiger partial charge in [0, 0.05) is 44.5 Å². The molecule has 2 aliphatic heterocycles. The molecule has 2 fully saturated rings. The average molecular weight is 774 g/mol. The fourth-order valence-electron chi connectivity index (χ4n) is 10.1. The van der Waals surface area contributed by atoms with E-state index in [0.29, 0.717) is 18.2 Å². The van der Waals surface area contributed by atoms with Gasteiger partial charge in [-0.1, -0.05) is 176 Å². The topological polar surface area (TPSA) is 60.0 Å². The number of hydrogen-bond acceptors (Lipinski definition) is 3. The van der Waals surface area contributed by atoms with E-state index >= 15 is 0 Å². The molecule has 10 rings (SSSR count). The van der Waals surface area contributed by atoms with Gasteiger partial charge in [0.2, 0.25) is 0 Å². The number of rotatable bonds is 6. The van der Waals surface area contributed by atoms with Gasteiger partial charge in [-0.2, -0.15) is 0 Å². The van der Waals surface area contributed by atoms with Crippen LogP contribution >= 0.6 is 11.8 Å². The fraction of sp³-hybridized carbons (Fsp3) is 0.208. The van der Waals surface area contributed by atoms with Gasteiger partial charge in [0.15, 0.2) is 5.84 Å². The van der Waals surface area contributed by atoms with Gasteiger partial charge < -0.3 is 10.5 Å². The Labute approximate surface area is 346 Å². The molecule has 0 amide bonds. The van der Waals surface area contributed by atoms with Gasteiger partial charge in [-0.3, -0.25) is 4.99 Å². The molecule has 0 saturated carbocycles. The van der Waals surface area contributed by atoms with Crippen molar-refractivity contribution in [2.75, 3.05) is 0 Å². The fourth-order valence-corrected chi connectivity index (χ4v) is 11.8. The Balaban J connectivity index is 1.04. The number of allylic oxidation sites excluding steroid dienone is 10. The summed E-state index contributed by atoms with van der Waals surface area (Å²) in [5.41, 5.74) is 17.6. The lowest BCUT2D eigenvalue weighted by atomic mass is 9.48. The summed E-state index contributed by atoms with van der Waals surface area (Å²) in [5, 5.41) is 0.0601. The van der Waals surface area contributed by atoms with E-state index in [1.165, 1.54) is 38.3 Å². The molecule has 7 atom stereocenters. The molecule has 6 aliphatic rings. The SMILES string of the molecule is Cc1cccc(-c2cccc(C/N=C(\N=C(/N)C3=CC=CC4[C@@H]3SC3=CCCC=C3C43C4C=CC=CC4OC4C=C(c5ccccc5)C=CC43)c3ccccc3)c2)c1. The number of nitrogens with two attached hydrogens (primary N) is 1. The zero-order chi connectivity index (χ0) is 39.1. The van der Waals surface area contributed by atoms with Crippen LogP contribution in [0.2, 0.25) is 0 Å². The van der Waals surface area contributed by atoms with E-state index in [-0.39, 0.29) is 40.6 Å². The molecule has 4 nitrogen and oxygen atoms in total. The van der Waals surface area contributed by atoms with Crippen molar-refractivity contribution >= 4 is 29.0 Å². The van der Waals surface area contributed by atoms with E-state index in [9.17, 15) is 0 Å². The molecule has 58 heavy (non-hydrogen) atoms. The molecule has 0 bridgehead atoms. The van der Waals surface area contributed by atoms with Gasteiger partial charge in [-0.15, -0.1) is 11.8 Å². The van der Waals surface area contributed by atoms with Crippen LogP contribution in [0.3, 0.4) is 0 Å². The van der Waals surface area contributed by atoms with Crippen molar-refractivity contribution in [3.63, 3.8) is 0 Å². The van der Waals surface area contributed by atoms with Crippen LogP contribution in [-0.2, 0) is 11.3 Å². The van der Waals surface area contributed by atoms with Gasteiger partial charge in [-0.05, 0) is 65.3 Å². The molecular formula is C53H47N3OS. The number of aryl methyl sites for hydroxylation is 1. The number of aliphatic imine (C=N–C) groups is 2. The Hall–Kier alpha value is -5.75. The summed E-state index contributed by atoms with van der Waals surface area (Å²) in [5.74, 6) is 1.57. The third-order valence-corrected chi connectivity index (χ3v) is 14.1. The van der Waals surface area contributed by atoms with Gasteiger partial charge in [0.1, 0.15) is 5.84 Å². The molecule has 0 aromatic heterocycles. The molecule has 5 heteroatoms. The minimum atomic E-state index is -0.263. The highest BCUT2D eigenvalue weighted by Gasteiger charge is 2.64. The van der Waals surface area contributed by atoms with Crippen LogP contribution in [0.5, 0.6) is 0 Å². The van der Waals surface area contributed by atoms with Gasteiger partial charge in [0.25, 0.3) is 0 Å². The molecule has 4 aliphatic carbocycles. The van der Waals surface area contributed by atoms with Crippen LogP contribution in [0.25, 0.3) is 16.7 Å². The molecule has 6 unspecified atom stereocenters. The number of benzene rings is 4. The number of amidine groups is 2. The normalized spacial score (nSPS) is 28.4. The highest BCUT2D eigenvalue weighted by molar-refractivity contribution is 8.04. The van der Waals surface area contributed by atoms with Gasteiger partial charge in [-0.25, -0.2) is 4.99 Å². The lowest BCUT2D eigenvalue weighted by Crippen LogP contribution is -2.61. The summed E-state index contributed by atoms with van der Waals surface area (Å²) in [6, 6.07) is 38.2. The lowest BCUT2D eigenvalue weighted by molar-refractivity contribution is -0.124. The smallest absolute Gasteiger partial charge is 0.157 e. The zero-order valence-corrected chi connectivity index (χ0v) is 33.5. The summed E-state index contributed by atoms with van der Waals surface area (Å²) in [7, 11) is 0. The van der Waals surface area contributed by atoms with E-state index in [4.69, 9.17) is 20.5 Å². The van der Waals surface area contributed by atoms with Crippen LogP contribution in [0.15, 0.2) is 208 Å². The zero-order valence-electron chi connectivity index (χ0n) is 32.7. The van der Waals surface area contributed by atoms with E-state index in [1.807, 2.05) is 30.0 Å². The van der Waals surface area contributed by atoms with E-state index in [0.717, 1.165) is 29.5 Å². The summed E-state index contributed by atoms with van der Waals surface area (Å²) < 4.78 is 7.09. The van der Waals surface area contributed by atoms with Crippen molar-refractivity contribution in [3.8, 4) is 11.1 Å². The van der Waals surface area contributed by atoms with Crippen molar-refractivity contribution in [2.24, 2.45) is 38.9 Å². The quantitative estimate of drug-likeness (QED) is 0.157. The number of hydrogen-bond donors (Lipinski definition) is 1. The molecule has 286 valence electrons.